The SMILES string of the molecule is CCN1CCN(C(C)(C)CNS(=O)(=O)c2ccc(C)c(C)c2)CC1. The van der Waals surface area contributed by atoms with E-state index in [4.69, 9.17) is 0 Å². The van der Waals surface area contributed by atoms with Crippen molar-refractivity contribution in [3.8, 4) is 0 Å². The second kappa shape index (κ2) is 7.52. The second-order valence-electron chi connectivity index (χ2n) is 7.30. The lowest BCUT2D eigenvalue weighted by atomic mass is 10.0. The van der Waals surface area contributed by atoms with E-state index in [0.717, 1.165) is 43.9 Å². The molecule has 0 atom stereocenters. The molecule has 0 spiro atoms. The summed E-state index contributed by atoms with van der Waals surface area (Å²) in [7, 11) is -3.47. The van der Waals surface area contributed by atoms with Crippen molar-refractivity contribution in [2.75, 3.05) is 39.3 Å². The molecule has 1 aromatic carbocycles. The molecule has 0 aliphatic carbocycles. The summed E-state index contributed by atoms with van der Waals surface area (Å²) < 4.78 is 28.0. The van der Waals surface area contributed by atoms with E-state index in [9.17, 15) is 8.42 Å². The van der Waals surface area contributed by atoms with Crippen LogP contribution < -0.4 is 4.72 Å². The van der Waals surface area contributed by atoms with Gasteiger partial charge in [-0.15, -0.1) is 0 Å². The van der Waals surface area contributed by atoms with Gasteiger partial charge in [-0.3, -0.25) is 4.90 Å². The lowest BCUT2D eigenvalue weighted by Crippen LogP contribution is -2.58. The number of hydrogen-bond acceptors (Lipinski definition) is 4. The number of aryl methyl sites for hydroxylation is 2. The van der Waals surface area contributed by atoms with Crippen LogP contribution in [0.5, 0.6) is 0 Å². The normalized spacial score (nSPS) is 18.0. The molecular formula is C18H31N3O2S. The second-order valence-corrected chi connectivity index (χ2v) is 9.07. The lowest BCUT2D eigenvalue weighted by Gasteiger charge is -2.44. The Morgan fingerprint density at radius 2 is 1.71 bits per heavy atom. The molecule has 1 aliphatic rings. The first-order chi connectivity index (χ1) is 11.2. The van der Waals surface area contributed by atoms with Crippen molar-refractivity contribution in [3.63, 3.8) is 0 Å². The number of likely N-dealkylation sites (N-methyl/N-ethyl adjacent to an activating group) is 1. The third-order valence-corrected chi connectivity index (χ3v) is 6.56. The van der Waals surface area contributed by atoms with Gasteiger partial charge in [0.1, 0.15) is 0 Å². The summed E-state index contributed by atoms with van der Waals surface area (Å²) in [4.78, 5) is 5.14. The molecule has 1 aliphatic heterocycles. The molecule has 5 nitrogen and oxygen atoms in total. The monoisotopic (exact) mass is 353 g/mol. The van der Waals surface area contributed by atoms with Crippen molar-refractivity contribution >= 4 is 10.0 Å². The van der Waals surface area contributed by atoms with Crippen molar-refractivity contribution in [3.05, 3.63) is 29.3 Å². The van der Waals surface area contributed by atoms with Gasteiger partial charge in [0.15, 0.2) is 0 Å². The largest absolute Gasteiger partial charge is 0.301 e. The Kier molecular flexibility index (Phi) is 6.07. The highest BCUT2D eigenvalue weighted by Crippen LogP contribution is 2.19. The molecule has 0 amide bonds. The van der Waals surface area contributed by atoms with Crippen LogP contribution in [0.15, 0.2) is 23.1 Å². The number of nitrogens with zero attached hydrogens (tertiary/aromatic N) is 2. The number of sulfonamides is 1. The highest BCUT2D eigenvalue weighted by molar-refractivity contribution is 7.89. The average Bonchev–Trinajstić information content (AvgIpc) is 2.55. The highest BCUT2D eigenvalue weighted by Gasteiger charge is 2.31. The average molecular weight is 354 g/mol. The van der Waals surface area contributed by atoms with E-state index < -0.39 is 10.0 Å². The molecule has 136 valence electrons. The minimum atomic E-state index is -3.47. The lowest BCUT2D eigenvalue weighted by molar-refractivity contribution is 0.0571. The van der Waals surface area contributed by atoms with Gasteiger partial charge in [-0.2, -0.15) is 0 Å². The Labute approximate surface area is 147 Å². The molecule has 0 bridgehead atoms. The fraction of sp³-hybridized carbons (Fsp3) is 0.667. The van der Waals surface area contributed by atoms with Crippen LogP contribution in [-0.2, 0) is 10.0 Å². The Balaban J connectivity index is 2.01. The molecule has 0 saturated carbocycles. The van der Waals surface area contributed by atoms with Crippen LogP contribution in [0.4, 0.5) is 0 Å². The first kappa shape index (κ1) is 19.4. The molecule has 2 rings (SSSR count). The first-order valence-electron chi connectivity index (χ1n) is 8.70. The van der Waals surface area contributed by atoms with Gasteiger partial charge in [0, 0.05) is 38.3 Å². The molecule has 1 aromatic rings. The van der Waals surface area contributed by atoms with Gasteiger partial charge >= 0.3 is 0 Å². The molecular weight excluding hydrogens is 322 g/mol. The summed E-state index contributed by atoms with van der Waals surface area (Å²) in [6.07, 6.45) is 0. The van der Waals surface area contributed by atoms with Crippen LogP contribution in [0.3, 0.4) is 0 Å². The van der Waals surface area contributed by atoms with E-state index >= 15 is 0 Å². The maximum atomic E-state index is 12.6. The standard InChI is InChI=1S/C18H31N3O2S/c1-6-20-9-11-21(12-10-20)18(4,5)14-19-24(22,23)17-8-7-15(2)16(3)13-17/h7-8,13,19H,6,9-12,14H2,1-5H3. The minimum Gasteiger partial charge on any atom is -0.301 e. The molecule has 0 aromatic heterocycles. The van der Waals surface area contributed by atoms with Gasteiger partial charge in [-0.25, -0.2) is 13.1 Å². The number of hydrogen-bond donors (Lipinski definition) is 1. The number of piperazine rings is 1. The summed E-state index contributed by atoms with van der Waals surface area (Å²) in [6, 6.07) is 5.28. The predicted molar refractivity (Wildman–Crippen MR) is 98.9 cm³/mol. The maximum absolute atomic E-state index is 12.6. The highest BCUT2D eigenvalue weighted by atomic mass is 32.2. The molecule has 0 unspecified atom stereocenters. The van der Waals surface area contributed by atoms with Crippen LogP contribution in [0.25, 0.3) is 0 Å². The van der Waals surface area contributed by atoms with E-state index in [1.165, 1.54) is 0 Å². The van der Waals surface area contributed by atoms with E-state index in [1.54, 1.807) is 12.1 Å². The molecule has 1 heterocycles. The third kappa shape index (κ3) is 4.57. The van der Waals surface area contributed by atoms with Gasteiger partial charge in [0.25, 0.3) is 0 Å². The molecule has 1 fully saturated rings. The number of benzene rings is 1. The van der Waals surface area contributed by atoms with Crippen LogP contribution >= 0.6 is 0 Å². The summed E-state index contributed by atoms with van der Waals surface area (Å²) >= 11 is 0. The first-order valence-corrected chi connectivity index (χ1v) is 10.2. The van der Waals surface area contributed by atoms with Crippen LogP contribution in [0.1, 0.15) is 31.9 Å². The van der Waals surface area contributed by atoms with Crippen LogP contribution in [-0.4, -0.2) is 63.0 Å². The minimum absolute atomic E-state index is 0.202. The van der Waals surface area contributed by atoms with Crippen molar-refractivity contribution < 1.29 is 8.42 Å². The summed E-state index contributed by atoms with van der Waals surface area (Å²) in [5, 5.41) is 0. The van der Waals surface area contributed by atoms with E-state index in [-0.39, 0.29) is 5.54 Å². The summed E-state index contributed by atoms with van der Waals surface area (Å²) in [5.41, 5.74) is 1.89. The van der Waals surface area contributed by atoms with Crippen molar-refractivity contribution in [2.24, 2.45) is 0 Å². The van der Waals surface area contributed by atoms with Crippen LogP contribution in [0, 0.1) is 13.8 Å². The zero-order chi connectivity index (χ0) is 18.0. The fourth-order valence-corrected chi connectivity index (χ4v) is 4.31. The van der Waals surface area contributed by atoms with Gasteiger partial charge in [0.05, 0.1) is 4.90 Å². The van der Waals surface area contributed by atoms with Gasteiger partial charge < -0.3 is 4.90 Å². The Bertz CT molecular complexity index is 663. The smallest absolute Gasteiger partial charge is 0.240 e. The third-order valence-electron chi connectivity index (χ3n) is 5.16. The zero-order valence-electron chi connectivity index (χ0n) is 15.6. The molecule has 0 radical (unpaired) electrons. The number of nitrogens with one attached hydrogen (secondary N) is 1. The summed E-state index contributed by atoms with van der Waals surface area (Å²) in [5.74, 6) is 0. The quantitative estimate of drug-likeness (QED) is 0.850. The van der Waals surface area contributed by atoms with Gasteiger partial charge in [0.2, 0.25) is 10.0 Å². The van der Waals surface area contributed by atoms with Gasteiger partial charge in [-0.1, -0.05) is 13.0 Å². The Hall–Kier alpha value is -0.950. The molecule has 1 saturated heterocycles. The van der Waals surface area contributed by atoms with Gasteiger partial charge in [-0.05, 0) is 57.5 Å². The Morgan fingerprint density at radius 3 is 2.25 bits per heavy atom. The van der Waals surface area contributed by atoms with Crippen molar-refractivity contribution in [2.45, 2.75) is 45.1 Å². The molecule has 1 N–H and O–H groups in total. The van der Waals surface area contributed by atoms with E-state index in [2.05, 4.69) is 35.3 Å². The molecule has 6 heteroatoms. The van der Waals surface area contributed by atoms with E-state index in [1.807, 2.05) is 19.9 Å². The fourth-order valence-electron chi connectivity index (χ4n) is 3.02. The Morgan fingerprint density at radius 1 is 1.08 bits per heavy atom. The summed E-state index contributed by atoms with van der Waals surface area (Å²) in [6.45, 7) is 15.9. The van der Waals surface area contributed by atoms with E-state index in [0.29, 0.717) is 11.4 Å². The van der Waals surface area contributed by atoms with Crippen molar-refractivity contribution in [1.29, 1.82) is 0 Å². The maximum Gasteiger partial charge on any atom is 0.240 e. The van der Waals surface area contributed by atoms with Crippen molar-refractivity contribution in [1.82, 2.24) is 14.5 Å². The molecule has 24 heavy (non-hydrogen) atoms. The topological polar surface area (TPSA) is 52.6 Å². The number of rotatable bonds is 6. The predicted octanol–water partition coefficient (Wildman–Crippen LogP) is 2.00. The zero-order valence-corrected chi connectivity index (χ0v) is 16.4. The van der Waals surface area contributed by atoms with Crippen LogP contribution in [0.2, 0.25) is 0 Å².